The van der Waals surface area contributed by atoms with Crippen LogP contribution in [-0.4, -0.2) is 42.4 Å². The molecule has 1 atom stereocenters. The second-order valence-corrected chi connectivity index (χ2v) is 7.37. The molecule has 0 bridgehead atoms. The van der Waals surface area contributed by atoms with Crippen molar-refractivity contribution in [2.45, 2.75) is 31.8 Å². The maximum atomic E-state index is 13.0. The lowest BCUT2D eigenvalue weighted by Gasteiger charge is -2.32. The van der Waals surface area contributed by atoms with E-state index in [0.29, 0.717) is 18.7 Å². The first-order valence-corrected chi connectivity index (χ1v) is 9.74. The highest BCUT2D eigenvalue weighted by Gasteiger charge is 2.23. The van der Waals surface area contributed by atoms with E-state index in [0.717, 1.165) is 18.4 Å². The average molecular weight is 401 g/mol. The van der Waals surface area contributed by atoms with E-state index in [2.05, 4.69) is 10.6 Å². The van der Waals surface area contributed by atoms with Gasteiger partial charge in [0.2, 0.25) is 5.91 Å². The Kier molecular flexibility index (Phi) is 6.93. The highest BCUT2D eigenvalue weighted by molar-refractivity contribution is 5.94. The van der Waals surface area contributed by atoms with Gasteiger partial charge in [-0.2, -0.15) is 0 Å². The van der Waals surface area contributed by atoms with Crippen LogP contribution in [0.1, 0.15) is 41.7 Å². The highest BCUT2D eigenvalue weighted by Crippen LogP contribution is 2.14. The molecule has 0 saturated carbocycles. The summed E-state index contributed by atoms with van der Waals surface area (Å²) in [5.74, 6) is -0.978. The van der Waals surface area contributed by atoms with Crippen molar-refractivity contribution in [2.24, 2.45) is 0 Å². The fraction of sp³-hybridized carbons (Fsp3) is 0.364. The molecule has 0 aliphatic carbocycles. The molecule has 3 rings (SSSR count). The van der Waals surface area contributed by atoms with Gasteiger partial charge in [-0.05, 0) is 61.7 Å². The molecule has 2 aromatic carbocycles. The largest absolute Gasteiger partial charge is 0.349 e. The molecule has 1 fully saturated rings. The van der Waals surface area contributed by atoms with Crippen LogP contribution in [0.15, 0.2) is 48.5 Å². The van der Waals surface area contributed by atoms with E-state index < -0.39 is 0 Å². The molecule has 0 unspecified atom stereocenters. The maximum absolute atomic E-state index is 13.0. The van der Waals surface area contributed by atoms with E-state index in [4.69, 9.17) is 0 Å². The molecule has 7 heteroatoms. The summed E-state index contributed by atoms with van der Waals surface area (Å²) >= 11 is 0. The van der Waals surface area contributed by atoms with Gasteiger partial charge in [-0.1, -0.05) is 12.1 Å². The van der Waals surface area contributed by atoms with Crippen LogP contribution in [0, 0.1) is 11.6 Å². The molecule has 0 spiro atoms. The van der Waals surface area contributed by atoms with Crippen LogP contribution in [-0.2, 0) is 4.79 Å². The lowest BCUT2D eigenvalue weighted by Crippen LogP contribution is -2.47. The maximum Gasteiger partial charge on any atom is 0.251 e. The van der Waals surface area contributed by atoms with E-state index in [1.54, 1.807) is 12.1 Å². The second-order valence-electron chi connectivity index (χ2n) is 7.37. The number of halogens is 2. The SMILES string of the molecule is C[C@H](NC(=O)CN1CCC(NC(=O)c2ccc(F)cc2)CC1)c1ccc(F)cc1. The Bertz CT molecular complexity index is 832. The first kappa shape index (κ1) is 20.9. The molecular weight excluding hydrogens is 376 g/mol. The normalized spacial score (nSPS) is 16.2. The van der Waals surface area contributed by atoms with Gasteiger partial charge in [-0.25, -0.2) is 8.78 Å². The van der Waals surface area contributed by atoms with Crippen LogP contribution in [0.3, 0.4) is 0 Å². The van der Waals surface area contributed by atoms with Crippen LogP contribution in [0.4, 0.5) is 8.78 Å². The third-order valence-corrected chi connectivity index (χ3v) is 5.14. The van der Waals surface area contributed by atoms with Crippen molar-refractivity contribution >= 4 is 11.8 Å². The Balaban J connectivity index is 1.41. The number of hydrogen-bond donors (Lipinski definition) is 2. The third kappa shape index (κ3) is 6.09. The number of carbonyl (C=O) groups excluding carboxylic acids is 2. The van der Waals surface area contributed by atoms with Gasteiger partial charge in [-0.15, -0.1) is 0 Å². The van der Waals surface area contributed by atoms with Crippen LogP contribution in [0.2, 0.25) is 0 Å². The quantitative estimate of drug-likeness (QED) is 0.782. The average Bonchev–Trinajstić information content (AvgIpc) is 2.70. The van der Waals surface area contributed by atoms with Gasteiger partial charge in [0, 0.05) is 24.7 Å². The van der Waals surface area contributed by atoms with Gasteiger partial charge in [0.25, 0.3) is 5.91 Å². The Morgan fingerprint density at radius 3 is 2.14 bits per heavy atom. The van der Waals surface area contributed by atoms with Gasteiger partial charge in [0.1, 0.15) is 11.6 Å². The third-order valence-electron chi connectivity index (χ3n) is 5.14. The molecule has 1 aliphatic heterocycles. The molecule has 1 aliphatic rings. The minimum Gasteiger partial charge on any atom is -0.349 e. The minimum absolute atomic E-state index is 0.0324. The molecule has 1 heterocycles. The first-order chi connectivity index (χ1) is 13.9. The van der Waals surface area contributed by atoms with Gasteiger partial charge in [-0.3, -0.25) is 14.5 Å². The van der Waals surface area contributed by atoms with Gasteiger partial charge in [0.15, 0.2) is 0 Å². The zero-order valence-electron chi connectivity index (χ0n) is 16.3. The summed E-state index contributed by atoms with van der Waals surface area (Å²) < 4.78 is 26.0. The smallest absolute Gasteiger partial charge is 0.251 e. The molecule has 0 aromatic heterocycles. The molecular formula is C22H25F2N3O2. The van der Waals surface area contributed by atoms with Gasteiger partial charge in [0.05, 0.1) is 12.6 Å². The summed E-state index contributed by atoms with van der Waals surface area (Å²) in [5.41, 5.74) is 1.28. The number of hydrogen-bond acceptors (Lipinski definition) is 3. The Hall–Kier alpha value is -2.80. The monoisotopic (exact) mass is 401 g/mol. The van der Waals surface area contributed by atoms with Gasteiger partial charge < -0.3 is 10.6 Å². The van der Waals surface area contributed by atoms with E-state index >= 15 is 0 Å². The van der Waals surface area contributed by atoms with Crippen LogP contribution < -0.4 is 10.6 Å². The van der Waals surface area contributed by atoms with Crippen LogP contribution >= 0.6 is 0 Å². The van der Waals surface area contributed by atoms with E-state index in [1.807, 2.05) is 11.8 Å². The van der Waals surface area contributed by atoms with E-state index in [9.17, 15) is 18.4 Å². The second kappa shape index (κ2) is 9.60. The highest BCUT2D eigenvalue weighted by atomic mass is 19.1. The number of carbonyl (C=O) groups is 2. The van der Waals surface area contributed by atoms with Crippen molar-refractivity contribution in [1.82, 2.24) is 15.5 Å². The molecule has 29 heavy (non-hydrogen) atoms. The molecule has 1 saturated heterocycles. The number of piperidine rings is 1. The lowest BCUT2D eigenvalue weighted by molar-refractivity contribution is -0.123. The van der Waals surface area contributed by atoms with Crippen molar-refractivity contribution in [3.8, 4) is 0 Å². The fourth-order valence-electron chi connectivity index (χ4n) is 3.43. The summed E-state index contributed by atoms with van der Waals surface area (Å²) in [6, 6.07) is 11.4. The van der Waals surface area contributed by atoms with Crippen molar-refractivity contribution in [3.05, 3.63) is 71.3 Å². The van der Waals surface area contributed by atoms with Gasteiger partial charge >= 0.3 is 0 Å². The summed E-state index contributed by atoms with van der Waals surface area (Å²) in [7, 11) is 0. The summed E-state index contributed by atoms with van der Waals surface area (Å²) in [6.07, 6.45) is 1.49. The van der Waals surface area contributed by atoms with Crippen molar-refractivity contribution in [2.75, 3.05) is 19.6 Å². The van der Waals surface area contributed by atoms with Crippen molar-refractivity contribution < 1.29 is 18.4 Å². The fourth-order valence-corrected chi connectivity index (χ4v) is 3.43. The van der Waals surface area contributed by atoms with E-state index in [1.165, 1.54) is 36.4 Å². The molecule has 0 radical (unpaired) electrons. The summed E-state index contributed by atoms with van der Waals surface area (Å²) in [5, 5.41) is 5.90. The first-order valence-electron chi connectivity index (χ1n) is 9.74. The zero-order valence-corrected chi connectivity index (χ0v) is 16.3. The molecule has 2 N–H and O–H groups in total. The summed E-state index contributed by atoms with van der Waals surface area (Å²) in [6.45, 7) is 3.55. The Labute approximate surface area is 169 Å². The minimum atomic E-state index is -0.373. The van der Waals surface area contributed by atoms with Crippen molar-refractivity contribution in [1.29, 1.82) is 0 Å². The zero-order chi connectivity index (χ0) is 20.8. The number of nitrogens with zero attached hydrogens (tertiary/aromatic N) is 1. The van der Waals surface area contributed by atoms with Crippen molar-refractivity contribution in [3.63, 3.8) is 0 Å². The molecule has 154 valence electrons. The molecule has 5 nitrogen and oxygen atoms in total. The summed E-state index contributed by atoms with van der Waals surface area (Å²) in [4.78, 5) is 26.6. The Morgan fingerprint density at radius 2 is 1.55 bits per heavy atom. The number of benzene rings is 2. The molecule has 2 aromatic rings. The number of nitrogens with one attached hydrogen (secondary N) is 2. The Morgan fingerprint density at radius 1 is 1.00 bits per heavy atom. The predicted molar refractivity (Wildman–Crippen MR) is 106 cm³/mol. The lowest BCUT2D eigenvalue weighted by atomic mass is 10.0. The number of rotatable bonds is 6. The standard InChI is InChI=1S/C22H25F2N3O2/c1-15(16-2-6-18(23)7-3-16)25-21(28)14-27-12-10-20(11-13-27)26-22(29)17-4-8-19(24)9-5-17/h2-9,15,20H,10-14H2,1H3,(H,25,28)(H,26,29)/t15-/m0/s1. The predicted octanol–water partition coefficient (Wildman–Crippen LogP) is 3.04. The topological polar surface area (TPSA) is 61.4 Å². The van der Waals surface area contributed by atoms with Crippen LogP contribution in [0.5, 0.6) is 0 Å². The number of amides is 2. The molecule has 2 amide bonds. The van der Waals surface area contributed by atoms with E-state index in [-0.39, 0.29) is 42.1 Å². The van der Waals surface area contributed by atoms with Crippen LogP contribution in [0.25, 0.3) is 0 Å². The number of likely N-dealkylation sites (tertiary alicyclic amines) is 1.